The number of likely N-dealkylation sites (tertiary alicyclic amines) is 2. The van der Waals surface area contributed by atoms with Crippen molar-refractivity contribution < 1.29 is 28.7 Å². The minimum atomic E-state index is -0.638. The van der Waals surface area contributed by atoms with E-state index in [1.165, 1.54) is 4.90 Å². The second-order valence-corrected chi connectivity index (χ2v) is 13.6. The fourth-order valence-corrected chi connectivity index (χ4v) is 5.50. The van der Waals surface area contributed by atoms with E-state index in [1.54, 1.807) is 45.0 Å². The summed E-state index contributed by atoms with van der Waals surface area (Å²) in [4.78, 5) is 54.2. The molecule has 0 aliphatic carbocycles. The van der Waals surface area contributed by atoms with E-state index in [1.807, 2.05) is 49.9 Å². The molecule has 0 saturated carbocycles. The van der Waals surface area contributed by atoms with Gasteiger partial charge >= 0.3 is 12.2 Å². The highest BCUT2D eigenvalue weighted by Crippen LogP contribution is 2.26. The van der Waals surface area contributed by atoms with E-state index in [2.05, 4.69) is 10.6 Å². The Balaban J connectivity index is 1.26. The number of carbonyl (C=O) groups is 4. The third-order valence-corrected chi connectivity index (χ3v) is 7.58. The molecule has 2 N–H and O–H groups in total. The number of nitrogens with zero attached hydrogens (tertiary/aromatic N) is 2. The van der Waals surface area contributed by atoms with Gasteiger partial charge in [0.25, 0.3) is 5.91 Å². The maximum atomic E-state index is 12.9. The molecule has 2 aromatic carbocycles. The van der Waals surface area contributed by atoms with Gasteiger partial charge in [0.15, 0.2) is 0 Å². The van der Waals surface area contributed by atoms with Crippen molar-refractivity contribution in [2.24, 2.45) is 0 Å². The van der Waals surface area contributed by atoms with Crippen molar-refractivity contribution in [2.75, 3.05) is 23.7 Å². The zero-order valence-corrected chi connectivity index (χ0v) is 26.8. The number of hydrogen-bond donors (Lipinski definition) is 2. The Bertz CT molecular complexity index is 1330. The van der Waals surface area contributed by atoms with Crippen LogP contribution in [-0.2, 0) is 20.7 Å². The van der Waals surface area contributed by atoms with Crippen LogP contribution in [-0.4, -0.2) is 70.2 Å². The lowest BCUT2D eigenvalue weighted by molar-refractivity contribution is -0.120. The monoisotopic (exact) mass is 606 g/mol. The van der Waals surface area contributed by atoms with Crippen LogP contribution < -0.4 is 10.6 Å². The lowest BCUT2D eigenvalue weighted by Gasteiger charge is -2.28. The van der Waals surface area contributed by atoms with Crippen LogP contribution in [0.2, 0.25) is 0 Å². The fourth-order valence-electron chi connectivity index (χ4n) is 5.50. The first-order valence-electron chi connectivity index (χ1n) is 15.5. The van der Waals surface area contributed by atoms with Gasteiger partial charge in [-0.25, -0.2) is 9.59 Å². The first-order chi connectivity index (χ1) is 20.7. The van der Waals surface area contributed by atoms with Gasteiger partial charge in [-0.1, -0.05) is 12.1 Å². The van der Waals surface area contributed by atoms with Gasteiger partial charge in [0.05, 0.1) is 0 Å². The van der Waals surface area contributed by atoms with E-state index >= 15 is 0 Å². The molecule has 2 fully saturated rings. The fraction of sp³-hybridized carbons (Fsp3) is 0.529. The number of anilines is 2. The Morgan fingerprint density at radius 2 is 1.25 bits per heavy atom. The van der Waals surface area contributed by atoms with Crippen LogP contribution in [0.5, 0.6) is 0 Å². The molecular weight excluding hydrogens is 560 g/mol. The Labute approximate surface area is 260 Å². The molecular formula is C34H46N4O6. The summed E-state index contributed by atoms with van der Waals surface area (Å²) < 4.78 is 11.0. The lowest BCUT2D eigenvalue weighted by atomic mass is 10.0. The molecule has 2 saturated heterocycles. The number of amides is 4. The zero-order chi connectivity index (χ0) is 32.1. The van der Waals surface area contributed by atoms with Crippen molar-refractivity contribution in [3.05, 3.63) is 59.7 Å². The molecule has 2 heterocycles. The van der Waals surface area contributed by atoms with Crippen LogP contribution in [0.25, 0.3) is 0 Å². The summed E-state index contributed by atoms with van der Waals surface area (Å²) in [6.07, 6.45) is 4.19. The third kappa shape index (κ3) is 9.21. The van der Waals surface area contributed by atoms with Gasteiger partial charge in [0.2, 0.25) is 5.91 Å². The molecule has 2 aliphatic heterocycles. The summed E-state index contributed by atoms with van der Waals surface area (Å²) >= 11 is 0. The van der Waals surface area contributed by atoms with Crippen molar-refractivity contribution in [3.63, 3.8) is 0 Å². The summed E-state index contributed by atoms with van der Waals surface area (Å²) in [7, 11) is 0. The van der Waals surface area contributed by atoms with Gasteiger partial charge < -0.3 is 25.0 Å². The molecule has 238 valence electrons. The zero-order valence-electron chi connectivity index (χ0n) is 26.8. The minimum Gasteiger partial charge on any atom is -0.444 e. The quantitative estimate of drug-likeness (QED) is 0.366. The number of rotatable bonds is 7. The maximum Gasteiger partial charge on any atom is 0.410 e. The van der Waals surface area contributed by atoms with Gasteiger partial charge in [-0.15, -0.1) is 0 Å². The summed E-state index contributed by atoms with van der Waals surface area (Å²) in [6.45, 7) is 12.2. The molecule has 0 radical (unpaired) electrons. The average Bonchev–Trinajstić information content (AvgIpc) is 3.61. The number of nitrogens with one attached hydrogen (secondary N) is 2. The molecule has 4 rings (SSSR count). The van der Waals surface area contributed by atoms with E-state index in [9.17, 15) is 19.2 Å². The van der Waals surface area contributed by atoms with Gasteiger partial charge in [-0.2, -0.15) is 0 Å². The van der Waals surface area contributed by atoms with Crippen molar-refractivity contribution in [2.45, 2.75) is 103 Å². The van der Waals surface area contributed by atoms with E-state index in [0.29, 0.717) is 29.9 Å². The van der Waals surface area contributed by atoms with Gasteiger partial charge in [-0.05, 0) is 122 Å². The highest BCUT2D eigenvalue weighted by molar-refractivity contribution is 6.05. The summed E-state index contributed by atoms with van der Waals surface area (Å²) in [5.74, 6) is -0.544. The van der Waals surface area contributed by atoms with Crippen molar-refractivity contribution in [3.8, 4) is 0 Å². The van der Waals surface area contributed by atoms with Crippen molar-refractivity contribution in [1.29, 1.82) is 0 Å². The molecule has 2 atom stereocenters. The first kappa shape index (κ1) is 32.8. The van der Waals surface area contributed by atoms with Crippen LogP contribution in [0, 0.1) is 0 Å². The first-order valence-corrected chi connectivity index (χ1v) is 15.5. The Morgan fingerprint density at radius 1 is 0.727 bits per heavy atom. The van der Waals surface area contributed by atoms with E-state index in [-0.39, 0.29) is 23.9 Å². The molecule has 0 aromatic heterocycles. The summed E-state index contributed by atoms with van der Waals surface area (Å²) in [5.41, 5.74) is 1.65. The Kier molecular flexibility index (Phi) is 10.2. The van der Waals surface area contributed by atoms with E-state index in [4.69, 9.17) is 9.47 Å². The van der Waals surface area contributed by atoms with E-state index in [0.717, 1.165) is 44.2 Å². The van der Waals surface area contributed by atoms with Crippen LogP contribution in [0.4, 0.5) is 21.0 Å². The van der Waals surface area contributed by atoms with Gasteiger partial charge in [0.1, 0.15) is 17.2 Å². The number of carbonyl (C=O) groups excluding carboxylic acids is 4. The Hall–Kier alpha value is -4.08. The summed E-state index contributed by atoms with van der Waals surface area (Å²) in [6, 6.07) is 13.9. The molecule has 2 aromatic rings. The average molecular weight is 607 g/mol. The molecule has 10 nitrogen and oxygen atoms in total. The van der Waals surface area contributed by atoms with Crippen LogP contribution in [0.1, 0.15) is 89.6 Å². The maximum absolute atomic E-state index is 12.9. The van der Waals surface area contributed by atoms with Gasteiger partial charge in [0, 0.05) is 36.1 Å². The predicted octanol–water partition coefficient (Wildman–Crippen LogP) is 6.61. The predicted molar refractivity (Wildman–Crippen MR) is 170 cm³/mol. The normalized spacial score (nSPS) is 18.6. The SMILES string of the molecule is CC(C)(C)OC(=O)N1CCC[C@H]1CCc1ccc(NC(=O)c2ccc(NC(=O)[C@@H]3CCCN3C(=O)OC(C)(C)C)cc2)cc1. The molecule has 44 heavy (non-hydrogen) atoms. The van der Waals surface area contributed by atoms with Crippen molar-refractivity contribution >= 4 is 35.4 Å². The third-order valence-electron chi connectivity index (χ3n) is 7.58. The second-order valence-electron chi connectivity index (χ2n) is 13.6. The standard InChI is InChI=1S/C34H46N4O6/c1-33(2,3)43-31(41)37-21-7-9-27(37)20-13-23-11-16-25(17-12-23)35-29(39)24-14-18-26(19-15-24)36-30(40)28-10-8-22-38(28)32(42)44-34(4,5)6/h11-12,14-19,27-28H,7-10,13,20-22H2,1-6H3,(H,35,39)(H,36,40)/t27-,28-/m0/s1. The number of aryl methyl sites for hydroxylation is 1. The number of benzene rings is 2. The highest BCUT2D eigenvalue weighted by Gasteiger charge is 2.36. The second kappa shape index (κ2) is 13.7. The largest absolute Gasteiger partial charge is 0.444 e. The number of ether oxygens (including phenoxy) is 2. The van der Waals surface area contributed by atoms with Crippen LogP contribution in [0.3, 0.4) is 0 Å². The smallest absolute Gasteiger partial charge is 0.410 e. The number of hydrogen-bond acceptors (Lipinski definition) is 6. The highest BCUT2D eigenvalue weighted by atomic mass is 16.6. The molecule has 4 amide bonds. The van der Waals surface area contributed by atoms with Gasteiger partial charge in [-0.3, -0.25) is 14.5 Å². The molecule has 0 bridgehead atoms. The molecule has 10 heteroatoms. The van der Waals surface area contributed by atoms with Crippen LogP contribution >= 0.6 is 0 Å². The summed E-state index contributed by atoms with van der Waals surface area (Å²) in [5, 5.41) is 5.77. The van der Waals surface area contributed by atoms with Crippen molar-refractivity contribution in [1.82, 2.24) is 9.80 Å². The lowest BCUT2D eigenvalue weighted by Crippen LogP contribution is -2.45. The molecule has 0 unspecified atom stereocenters. The topological polar surface area (TPSA) is 117 Å². The van der Waals surface area contributed by atoms with Crippen LogP contribution in [0.15, 0.2) is 48.5 Å². The molecule has 2 aliphatic rings. The Morgan fingerprint density at radius 3 is 1.86 bits per heavy atom. The minimum absolute atomic E-state index is 0.166. The molecule has 0 spiro atoms. The van der Waals surface area contributed by atoms with E-state index < -0.39 is 23.3 Å².